The summed E-state index contributed by atoms with van der Waals surface area (Å²) in [5.41, 5.74) is 1.06. The first-order valence-electron chi connectivity index (χ1n) is 4.89. The molecule has 0 N–H and O–H groups in total. The molecule has 0 fully saturated rings. The van der Waals surface area contributed by atoms with Crippen LogP contribution in [-0.4, -0.2) is 13.0 Å². The standard InChI is InChI=1S/C11H12BrF3O/c12-10(9-5-2-1-3-6-9)7-4-8-16-11(13,14)15/h1-3,5-6,10H,4,7-8H2. The molecule has 5 heteroatoms. The summed E-state index contributed by atoms with van der Waals surface area (Å²) in [5.74, 6) is 0. The summed E-state index contributed by atoms with van der Waals surface area (Å²) in [5, 5.41) is 0. The summed E-state index contributed by atoms with van der Waals surface area (Å²) in [6, 6.07) is 9.57. The highest BCUT2D eigenvalue weighted by Gasteiger charge is 2.28. The first-order valence-corrected chi connectivity index (χ1v) is 5.80. The van der Waals surface area contributed by atoms with Crippen LogP contribution in [0.25, 0.3) is 0 Å². The van der Waals surface area contributed by atoms with Crippen LogP contribution in [0.15, 0.2) is 30.3 Å². The van der Waals surface area contributed by atoms with Crippen molar-refractivity contribution < 1.29 is 17.9 Å². The lowest BCUT2D eigenvalue weighted by atomic mass is 10.1. The number of halogens is 4. The van der Waals surface area contributed by atoms with Gasteiger partial charge in [-0.1, -0.05) is 46.3 Å². The second kappa shape index (κ2) is 6.25. The van der Waals surface area contributed by atoms with E-state index in [9.17, 15) is 13.2 Å². The smallest absolute Gasteiger partial charge is 0.292 e. The van der Waals surface area contributed by atoms with Crippen LogP contribution < -0.4 is 0 Å². The van der Waals surface area contributed by atoms with Crippen molar-refractivity contribution in [2.75, 3.05) is 6.61 Å². The van der Waals surface area contributed by atoms with E-state index in [0.717, 1.165) is 5.56 Å². The van der Waals surface area contributed by atoms with Gasteiger partial charge in [0.1, 0.15) is 0 Å². The van der Waals surface area contributed by atoms with Gasteiger partial charge in [0.25, 0.3) is 0 Å². The molecule has 0 saturated carbocycles. The molecule has 0 saturated heterocycles. The third kappa shape index (κ3) is 5.51. The van der Waals surface area contributed by atoms with E-state index < -0.39 is 6.36 Å². The van der Waals surface area contributed by atoms with Crippen molar-refractivity contribution in [2.45, 2.75) is 24.0 Å². The van der Waals surface area contributed by atoms with E-state index in [1.54, 1.807) is 0 Å². The summed E-state index contributed by atoms with van der Waals surface area (Å²) < 4.78 is 38.7. The molecule has 0 aliphatic rings. The van der Waals surface area contributed by atoms with Crippen molar-refractivity contribution in [3.05, 3.63) is 35.9 Å². The summed E-state index contributed by atoms with van der Waals surface area (Å²) in [6.45, 7) is -0.293. The predicted molar refractivity (Wildman–Crippen MR) is 59.4 cm³/mol. The van der Waals surface area contributed by atoms with Gasteiger partial charge in [-0.3, -0.25) is 4.74 Å². The van der Waals surface area contributed by atoms with Crippen LogP contribution >= 0.6 is 15.9 Å². The lowest BCUT2D eigenvalue weighted by Gasteiger charge is -2.11. The monoisotopic (exact) mass is 296 g/mol. The van der Waals surface area contributed by atoms with Gasteiger partial charge in [-0.15, -0.1) is 13.2 Å². The molecule has 1 nitrogen and oxygen atoms in total. The third-order valence-electron chi connectivity index (χ3n) is 2.03. The fraction of sp³-hybridized carbons (Fsp3) is 0.455. The van der Waals surface area contributed by atoms with Gasteiger partial charge < -0.3 is 0 Å². The third-order valence-corrected chi connectivity index (χ3v) is 3.02. The second-order valence-corrected chi connectivity index (χ2v) is 4.42. The number of benzene rings is 1. The number of alkyl halides is 4. The Hall–Kier alpha value is -0.550. The summed E-state index contributed by atoms with van der Waals surface area (Å²) in [4.78, 5) is 0.0746. The fourth-order valence-electron chi connectivity index (χ4n) is 1.28. The van der Waals surface area contributed by atoms with Crippen molar-refractivity contribution in [3.8, 4) is 0 Å². The second-order valence-electron chi connectivity index (χ2n) is 3.31. The molecule has 1 aromatic rings. The maximum absolute atomic E-state index is 11.7. The van der Waals surface area contributed by atoms with Crippen LogP contribution in [0.5, 0.6) is 0 Å². The van der Waals surface area contributed by atoms with E-state index in [1.807, 2.05) is 30.3 Å². The number of hydrogen-bond donors (Lipinski definition) is 0. The van der Waals surface area contributed by atoms with Gasteiger partial charge in [0.2, 0.25) is 0 Å². The molecule has 0 aliphatic heterocycles. The molecule has 0 amide bonds. The van der Waals surface area contributed by atoms with E-state index in [4.69, 9.17) is 0 Å². The number of ether oxygens (including phenoxy) is 1. The van der Waals surface area contributed by atoms with E-state index in [-0.39, 0.29) is 11.4 Å². The Morgan fingerprint density at radius 2 is 1.81 bits per heavy atom. The molecule has 0 aromatic heterocycles. The average Bonchev–Trinajstić information content (AvgIpc) is 2.24. The zero-order valence-corrected chi connectivity index (χ0v) is 10.1. The molecule has 1 rings (SSSR count). The van der Waals surface area contributed by atoms with E-state index in [1.165, 1.54) is 0 Å². The summed E-state index contributed by atoms with van der Waals surface area (Å²) in [7, 11) is 0. The van der Waals surface area contributed by atoms with Crippen molar-refractivity contribution in [2.24, 2.45) is 0 Å². The Labute approximate surface area is 101 Å². The minimum absolute atomic E-state index is 0.0746. The molecule has 0 heterocycles. The van der Waals surface area contributed by atoms with Crippen molar-refractivity contribution in [1.82, 2.24) is 0 Å². The first kappa shape index (κ1) is 13.5. The van der Waals surface area contributed by atoms with Gasteiger partial charge in [-0.05, 0) is 18.4 Å². The highest BCUT2D eigenvalue weighted by Crippen LogP contribution is 2.27. The normalized spacial score (nSPS) is 13.8. The van der Waals surface area contributed by atoms with Gasteiger partial charge in [-0.2, -0.15) is 0 Å². The molecule has 0 bridgehead atoms. The minimum Gasteiger partial charge on any atom is -0.292 e. The van der Waals surface area contributed by atoms with Crippen LogP contribution in [-0.2, 0) is 4.74 Å². The van der Waals surface area contributed by atoms with E-state index >= 15 is 0 Å². The highest BCUT2D eigenvalue weighted by molar-refractivity contribution is 9.09. The van der Waals surface area contributed by atoms with Gasteiger partial charge in [-0.25, -0.2) is 0 Å². The number of hydrogen-bond acceptors (Lipinski definition) is 1. The fourth-order valence-corrected chi connectivity index (χ4v) is 1.91. The zero-order valence-electron chi connectivity index (χ0n) is 8.51. The molecule has 1 aromatic carbocycles. The van der Waals surface area contributed by atoms with Gasteiger partial charge in [0, 0.05) is 4.83 Å². The Balaban J connectivity index is 2.24. The molecule has 0 spiro atoms. The van der Waals surface area contributed by atoms with Gasteiger partial charge in [0.15, 0.2) is 0 Å². The summed E-state index contributed by atoms with van der Waals surface area (Å²) >= 11 is 3.43. The molecule has 16 heavy (non-hydrogen) atoms. The lowest BCUT2D eigenvalue weighted by Crippen LogP contribution is -2.14. The van der Waals surface area contributed by atoms with Crippen LogP contribution in [0.2, 0.25) is 0 Å². The van der Waals surface area contributed by atoms with Crippen LogP contribution in [0.4, 0.5) is 13.2 Å². The topological polar surface area (TPSA) is 9.23 Å². The Morgan fingerprint density at radius 1 is 1.19 bits per heavy atom. The largest absolute Gasteiger partial charge is 0.522 e. The van der Waals surface area contributed by atoms with Crippen LogP contribution in [0.1, 0.15) is 23.2 Å². The van der Waals surface area contributed by atoms with Crippen molar-refractivity contribution >= 4 is 15.9 Å². The van der Waals surface area contributed by atoms with E-state index in [0.29, 0.717) is 12.8 Å². The van der Waals surface area contributed by atoms with Crippen molar-refractivity contribution in [1.29, 1.82) is 0 Å². The first-order chi connectivity index (χ1) is 7.49. The van der Waals surface area contributed by atoms with Gasteiger partial charge >= 0.3 is 6.36 Å². The molecule has 90 valence electrons. The van der Waals surface area contributed by atoms with E-state index in [2.05, 4.69) is 20.7 Å². The SMILES string of the molecule is FC(F)(F)OCCCC(Br)c1ccccc1. The quantitative estimate of drug-likeness (QED) is 0.576. The Bertz CT molecular complexity index is 300. The molecular formula is C11H12BrF3O. The molecule has 0 aliphatic carbocycles. The molecule has 1 atom stereocenters. The Morgan fingerprint density at radius 3 is 2.38 bits per heavy atom. The highest BCUT2D eigenvalue weighted by atomic mass is 79.9. The molecule has 1 unspecified atom stereocenters. The van der Waals surface area contributed by atoms with Crippen LogP contribution in [0, 0.1) is 0 Å². The average molecular weight is 297 g/mol. The predicted octanol–water partition coefficient (Wildman–Crippen LogP) is 4.44. The lowest BCUT2D eigenvalue weighted by molar-refractivity contribution is -0.324. The molecule has 0 radical (unpaired) electrons. The van der Waals surface area contributed by atoms with Crippen molar-refractivity contribution in [3.63, 3.8) is 0 Å². The van der Waals surface area contributed by atoms with Gasteiger partial charge in [0.05, 0.1) is 6.61 Å². The zero-order chi connectivity index (χ0) is 12.0. The Kier molecular flexibility index (Phi) is 5.28. The van der Waals surface area contributed by atoms with Crippen LogP contribution in [0.3, 0.4) is 0 Å². The molecular weight excluding hydrogens is 285 g/mol. The minimum atomic E-state index is -4.52. The maximum Gasteiger partial charge on any atom is 0.522 e. The summed E-state index contributed by atoms with van der Waals surface area (Å²) in [6.07, 6.45) is -3.54. The maximum atomic E-state index is 11.7. The number of rotatable bonds is 5.